The van der Waals surface area contributed by atoms with Gasteiger partial charge in [0.1, 0.15) is 18.1 Å². The van der Waals surface area contributed by atoms with Crippen molar-refractivity contribution in [3.8, 4) is 0 Å². The molecule has 4 heterocycles. The number of carbonyl (C=O) groups is 2. The molecule has 5 nitrogen and oxygen atoms in total. The van der Waals surface area contributed by atoms with Crippen molar-refractivity contribution in [2.24, 2.45) is 4.99 Å². The second-order valence-corrected chi connectivity index (χ2v) is 9.99. The number of amides is 2. The molecule has 2 amide bonds. The summed E-state index contributed by atoms with van der Waals surface area (Å²) in [4.78, 5) is 37.0. The van der Waals surface area contributed by atoms with Crippen LogP contribution >= 0.6 is 22.7 Å². The van der Waals surface area contributed by atoms with E-state index in [0.717, 1.165) is 59.9 Å². The summed E-state index contributed by atoms with van der Waals surface area (Å²) in [5.74, 6) is -0.00305. The van der Waals surface area contributed by atoms with E-state index >= 15 is 0 Å². The average Bonchev–Trinajstić information content (AvgIpc) is 3.39. The van der Waals surface area contributed by atoms with Gasteiger partial charge in [-0.05, 0) is 62.0 Å². The van der Waals surface area contributed by atoms with E-state index in [2.05, 4.69) is 11.4 Å². The van der Waals surface area contributed by atoms with Crippen LogP contribution < -0.4 is 4.90 Å². The average molecular weight is 428 g/mol. The van der Waals surface area contributed by atoms with Crippen LogP contribution in [0.2, 0.25) is 0 Å². The number of carbonyl (C=O) groups excluding carboxylic acids is 2. The van der Waals surface area contributed by atoms with E-state index in [4.69, 9.17) is 4.99 Å². The Morgan fingerprint density at radius 2 is 1.93 bits per heavy atom. The molecule has 1 aliphatic carbocycles. The molecule has 0 radical (unpaired) electrons. The summed E-state index contributed by atoms with van der Waals surface area (Å²) in [6.45, 7) is 1.87. The van der Waals surface area contributed by atoms with Gasteiger partial charge in [-0.2, -0.15) is 0 Å². The molecule has 2 aromatic heterocycles. The number of hydrogen-bond donors (Lipinski definition) is 0. The van der Waals surface area contributed by atoms with Crippen LogP contribution in [0.1, 0.15) is 53.0 Å². The number of fused-ring (bicyclic) bond motifs is 3. The molecule has 1 fully saturated rings. The largest absolute Gasteiger partial charge is 0.341 e. The quantitative estimate of drug-likeness (QED) is 0.746. The maximum absolute atomic E-state index is 13.1. The molecule has 0 aromatic carbocycles. The summed E-state index contributed by atoms with van der Waals surface area (Å²) in [7, 11) is 0. The maximum Gasteiger partial charge on any atom is 0.249 e. The Kier molecular flexibility index (Phi) is 5.26. The van der Waals surface area contributed by atoms with Crippen LogP contribution in [0.15, 0.2) is 22.5 Å². The lowest BCUT2D eigenvalue weighted by molar-refractivity contribution is -0.132. The highest BCUT2D eigenvalue weighted by atomic mass is 32.1. The molecule has 2 aromatic rings. The van der Waals surface area contributed by atoms with Gasteiger partial charge in [0.25, 0.3) is 0 Å². The fraction of sp³-hybridized carbons (Fsp3) is 0.500. The number of nitrogens with zero attached hydrogens (tertiary/aromatic N) is 3. The number of likely N-dealkylation sites (tertiary alicyclic amines) is 1. The zero-order valence-electron chi connectivity index (χ0n) is 16.5. The first-order valence-corrected chi connectivity index (χ1v) is 12.2. The predicted octanol–water partition coefficient (Wildman–Crippen LogP) is 3.88. The van der Waals surface area contributed by atoms with E-state index in [1.807, 2.05) is 11.0 Å². The first kappa shape index (κ1) is 19.0. The SMILES string of the molecule is O=C(CN1C(=O)CN=C(c2cccs2)c2c1sc1c2CCCC1)N1CCCCC1. The molecular formula is C22H25N3O2S2. The Morgan fingerprint density at radius 3 is 2.72 bits per heavy atom. The lowest BCUT2D eigenvalue weighted by Crippen LogP contribution is -2.45. The van der Waals surface area contributed by atoms with Crippen molar-refractivity contribution in [3.05, 3.63) is 38.4 Å². The van der Waals surface area contributed by atoms with Gasteiger partial charge in [-0.1, -0.05) is 6.07 Å². The number of aryl methyl sites for hydroxylation is 1. The van der Waals surface area contributed by atoms with E-state index in [1.54, 1.807) is 27.6 Å². The Balaban J connectivity index is 1.55. The minimum atomic E-state index is -0.0678. The topological polar surface area (TPSA) is 53.0 Å². The van der Waals surface area contributed by atoms with Crippen molar-refractivity contribution in [2.75, 3.05) is 31.1 Å². The van der Waals surface area contributed by atoms with Gasteiger partial charge in [-0.25, -0.2) is 0 Å². The zero-order valence-corrected chi connectivity index (χ0v) is 18.1. The molecule has 1 saturated heterocycles. The lowest BCUT2D eigenvalue weighted by atomic mass is 9.93. The molecular weight excluding hydrogens is 402 g/mol. The van der Waals surface area contributed by atoms with Crippen molar-refractivity contribution in [1.82, 2.24) is 4.90 Å². The minimum Gasteiger partial charge on any atom is -0.341 e. The van der Waals surface area contributed by atoms with Crippen LogP contribution in [0.5, 0.6) is 0 Å². The third kappa shape index (κ3) is 3.55. The van der Waals surface area contributed by atoms with Crippen LogP contribution in [0.3, 0.4) is 0 Å². The number of thiophene rings is 2. The predicted molar refractivity (Wildman–Crippen MR) is 119 cm³/mol. The summed E-state index contributed by atoms with van der Waals surface area (Å²) < 4.78 is 0. The minimum absolute atomic E-state index is 0.0648. The summed E-state index contributed by atoms with van der Waals surface area (Å²) in [6.07, 6.45) is 7.77. The Bertz CT molecular complexity index is 955. The molecule has 0 bridgehead atoms. The van der Waals surface area contributed by atoms with Crippen LogP contribution in [0, 0.1) is 0 Å². The van der Waals surface area contributed by atoms with Gasteiger partial charge < -0.3 is 4.90 Å². The molecule has 2 aliphatic heterocycles. The molecule has 29 heavy (non-hydrogen) atoms. The third-order valence-electron chi connectivity index (χ3n) is 6.06. The van der Waals surface area contributed by atoms with E-state index < -0.39 is 0 Å². The molecule has 5 rings (SSSR count). The number of piperidine rings is 1. The number of hydrogen-bond acceptors (Lipinski definition) is 5. The fourth-order valence-electron chi connectivity index (χ4n) is 4.56. The molecule has 7 heteroatoms. The van der Waals surface area contributed by atoms with E-state index in [-0.39, 0.29) is 24.9 Å². The van der Waals surface area contributed by atoms with E-state index in [1.165, 1.54) is 29.7 Å². The maximum atomic E-state index is 13.1. The highest BCUT2D eigenvalue weighted by Gasteiger charge is 2.34. The van der Waals surface area contributed by atoms with Crippen LogP contribution in [0.25, 0.3) is 0 Å². The van der Waals surface area contributed by atoms with Gasteiger partial charge in [0.2, 0.25) is 11.8 Å². The van der Waals surface area contributed by atoms with Crippen molar-refractivity contribution in [3.63, 3.8) is 0 Å². The molecule has 0 N–H and O–H groups in total. The molecule has 3 aliphatic rings. The molecule has 152 valence electrons. The lowest BCUT2D eigenvalue weighted by Gasteiger charge is -2.29. The first-order chi connectivity index (χ1) is 14.2. The zero-order chi connectivity index (χ0) is 19.8. The van der Waals surface area contributed by atoms with Crippen LogP contribution in [-0.4, -0.2) is 48.6 Å². The smallest absolute Gasteiger partial charge is 0.249 e. The monoisotopic (exact) mass is 427 g/mol. The van der Waals surface area contributed by atoms with Crippen molar-refractivity contribution < 1.29 is 9.59 Å². The Morgan fingerprint density at radius 1 is 1.10 bits per heavy atom. The number of anilines is 1. The summed E-state index contributed by atoms with van der Waals surface area (Å²) in [6, 6.07) is 4.12. The second kappa shape index (κ2) is 8.03. The molecule has 0 atom stereocenters. The third-order valence-corrected chi connectivity index (χ3v) is 8.26. The van der Waals surface area contributed by atoms with Crippen molar-refractivity contribution in [2.45, 2.75) is 44.9 Å². The Labute approximate surface area is 179 Å². The number of aliphatic imine (C=N–C) groups is 1. The molecule has 0 spiro atoms. The summed E-state index contributed by atoms with van der Waals surface area (Å²) >= 11 is 3.38. The van der Waals surface area contributed by atoms with Gasteiger partial charge in [-0.15, -0.1) is 22.7 Å². The molecule has 0 unspecified atom stereocenters. The van der Waals surface area contributed by atoms with Gasteiger partial charge >= 0.3 is 0 Å². The van der Waals surface area contributed by atoms with Crippen molar-refractivity contribution in [1.29, 1.82) is 0 Å². The van der Waals surface area contributed by atoms with E-state index in [9.17, 15) is 9.59 Å². The summed E-state index contributed by atoms with van der Waals surface area (Å²) in [5.41, 5.74) is 3.41. The van der Waals surface area contributed by atoms with E-state index in [0.29, 0.717) is 0 Å². The molecule has 0 saturated carbocycles. The van der Waals surface area contributed by atoms with Gasteiger partial charge in [0, 0.05) is 23.5 Å². The standard InChI is InChI=1S/C22H25N3O2S2/c26-18-13-23-21(17-9-6-12-28-17)20-15-7-2-3-8-16(15)29-22(20)25(18)14-19(27)24-10-4-1-5-11-24/h6,9,12H,1-5,7-8,10-11,13-14H2. The Hall–Kier alpha value is -1.99. The van der Waals surface area contributed by atoms with Crippen LogP contribution in [-0.2, 0) is 22.4 Å². The number of rotatable bonds is 3. The first-order valence-electron chi connectivity index (χ1n) is 10.5. The fourth-order valence-corrected chi connectivity index (χ4v) is 6.71. The second-order valence-electron chi connectivity index (χ2n) is 7.95. The van der Waals surface area contributed by atoms with Gasteiger partial charge in [0.05, 0.1) is 10.6 Å². The highest BCUT2D eigenvalue weighted by Crippen LogP contribution is 2.43. The van der Waals surface area contributed by atoms with Gasteiger partial charge in [0.15, 0.2) is 0 Å². The highest BCUT2D eigenvalue weighted by molar-refractivity contribution is 7.17. The summed E-state index contributed by atoms with van der Waals surface area (Å²) in [5, 5.41) is 3.00. The van der Waals surface area contributed by atoms with Crippen LogP contribution in [0.4, 0.5) is 5.00 Å². The van der Waals surface area contributed by atoms with Crippen molar-refractivity contribution >= 4 is 45.2 Å². The normalized spacial score (nSPS) is 19.4. The van der Waals surface area contributed by atoms with Gasteiger partial charge in [-0.3, -0.25) is 19.5 Å².